The van der Waals surface area contributed by atoms with E-state index in [9.17, 15) is 22.8 Å². The molecule has 0 saturated carbocycles. The normalized spacial score (nSPS) is 18.5. The predicted octanol–water partition coefficient (Wildman–Crippen LogP) is 1.90. The van der Waals surface area contributed by atoms with Gasteiger partial charge in [-0.3, -0.25) is 4.79 Å². The molecule has 1 aliphatic rings. The summed E-state index contributed by atoms with van der Waals surface area (Å²) in [7, 11) is 0. The Morgan fingerprint density at radius 2 is 2.06 bits per heavy atom. The van der Waals surface area contributed by atoms with Crippen molar-refractivity contribution in [2.45, 2.75) is 38.1 Å². The second kappa shape index (κ2) is 14.5. The van der Waals surface area contributed by atoms with Gasteiger partial charge in [-0.1, -0.05) is 6.07 Å². The highest BCUT2D eigenvalue weighted by atomic mass is 19.4. The highest BCUT2D eigenvalue weighted by Crippen LogP contribution is 2.29. The number of hydrogen-bond acceptors (Lipinski definition) is 7. The summed E-state index contributed by atoms with van der Waals surface area (Å²) in [5, 5.41) is 10.6. The summed E-state index contributed by atoms with van der Waals surface area (Å²) in [6.45, 7) is 3.61. The van der Waals surface area contributed by atoms with E-state index in [1.54, 1.807) is 0 Å². The molecule has 2 heterocycles. The van der Waals surface area contributed by atoms with Crippen LogP contribution in [0.3, 0.4) is 0 Å². The Balaban J connectivity index is 0.000000330. The van der Waals surface area contributed by atoms with Crippen LogP contribution in [-0.2, 0) is 30.0 Å². The minimum Gasteiger partial charge on any atom is -0.480 e. The van der Waals surface area contributed by atoms with Gasteiger partial charge in [-0.15, -0.1) is 0 Å². The zero-order chi connectivity index (χ0) is 23.1. The molecule has 12 heteroatoms. The second-order valence-electron chi connectivity index (χ2n) is 6.36. The standard InChI is InChI=1S/C12H14F3NO2.C7H13NO5/c1-8-9(4-3-7-17-8)18-11-6-2-5-10(16-11)12(13,14)15;9-6-8-1-2-12-3-4-13-5-7(10)11/h2,5-6,8-9H,3-4,7H2,1H3;6H,1-5H2,(H,8,9)(H,10,11). The summed E-state index contributed by atoms with van der Waals surface area (Å²) >= 11 is 0. The molecule has 0 spiro atoms. The molecule has 1 amide bonds. The van der Waals surface area contributed by atoms with Crippen molar-refractivity contribution < 1.29 is 46.8 Å². The van der Waals surface area contributed by atoms with E-state index in [2.05, 4.69) is 15.0 Å². The molecule has 31 heavy (non-hydrogen) atoms. The first-order valence-corrected chi connectivity index (χ1v) is 9.61. The number of carbonyl (C=O) groups excluding carboxylic acids is 1. The van der Waals surface area contributed by atoms with E-state index in [4.69, 9.17) is 19.3 Å². The first-order chi connectivity index (χ1) is 14.7. The molecular weight excluding hydrogens is 425 g/mol. The van der Waals surface area contributed by atoms with Gasteiger partial charge < -0.3 is 29.4 Å². The molecule has 1 saturated heterocycles. The maximum absolute atomic E-state index is 12.5. The fourth-order valence-electron chi connectivity index (χ4n) is 2.41. The molecule has 1 fully saturated rings. The van der Waals surface area contributed by atoms with Crippen LogP contribution in [0.1, 0.15) is 25.5 Å². The molecule has 2 rings (SSSR count). The van der Waals surface area contributed by atoms with Gasteiger partial charge in [0.15, 0.2) is 0 Å². The highest BCUT2D eigenvalue weighted by Gasteiger charge is 2.33. The molecule has 1 aliphatic heterocycles. The van der Waals surface area contributed by atoms with Crippen LogP contribution in [0.15, 0.2) is 18.2 Å². The zero-order valence-corrected chi connectivity index (χ0v) is 17.1. The first-order valence-electron chi connectivity index (χ1n) is 9.61. The molecule has 2 N–H and O–H groups in total. The Kier molecular flexibility index (Phi) is 12.5. The van der Waals surface area contributed by atoms with Gasteiger partial charge in [-0.05, 0) is 25.8 Å². The third kappa shape index (κ3) is 12.1. The van der Waals surface area contributed by atoms with Gasteiger partial charge in [-0.25, -0.2) is 9.78 Å². The fourth-order valence-corrected chi connectivity index (χ4v) is 2.41. The van der Waals surface area contributed by atoms with Crippen LogP contribution in [0.4, 0.5) is 13.2 Å². The van der Waals surface area contributed by atoms with Crippen molar-refractivity contribution >= 4 is 12.4 Å². The van der Waals surface area contributed by atoms with Crippen LogP contribution in [0.5, 0.6) is 5.88 Å². The van der Waals surface area contributed by atoms with Crippen LogP contribution in [0.25, 0.3) is 0 Å². The quantitative estimate of drug-likeness (QED) is 0.386. The third-order valence-electron chi connectivity index (χ3n) is 3.90. The summed E-state index contributed by atoms with van der Waals surface area (Å²) in [5.41, 5.74) is -0.940. The van der Waals surface area contributed by atoms with Crippen LogP contribution < -0.4 is 10.1 Å². The van der Waals surface area contributed by atoms with E-state index in [1.807, 2.05) is 6.92 Å². The van der Waals surface area contributed by atoms with E-state index in [1.165, 1.54) is 12.1 Å². The Labute approximate surface area is 177 Å². The maximum atomic E-state index is 12.5. The lowest BCUT2D eigenvalue weighted by atomic mass is 10.1. The molecule has 0 radical (unpaired) electrons. The molecule has 2 unspecified atom stereocenters. The lowest BCUT2D eigenvalue weighted by Gasteiger charge is -2.29. The van der Waals surface area contributed by atoms with Crippen molar-refractivity contribution in [3.05, 3.63) is 23.9 Å². The molecule has 0 bridgehead atoms. The van der Waals surface area contributed by atoms with Crippen molar-refractivity contribution in [3.8, 4) is 5.88 Å². The average molecular weight is 452 g/mol. The van der Waals surface area contributed by atoms with E-state index < -0.39 is 17.8 Å². The number of nitrogens with zero attached hydrogens (tertiary/aromatic N) is 1. The van der Waals surface area contributed by atoms with Crippen LogP contribution in [0.2, 0.25) is 0 Å². The summed E-state index contributed by atoms with van der Waals surface area (Å²) in [6.07, 6.45) is -2.63. The number of aromatic nitrogens is 1. The zero-order valence-electron chi connectivity index (χ0n) is 17.1. The number of alkyl halides is 3. The summed E-state index contributed by atoms with van der Waals surface area (Å²) in [4.78, 5) is 23.2. The summed E-state index contributed by atoms with van der Waals surface area (Å²) in [6, 6.07) is 3.64. The number of carboxylic acids is 1. The van der Waals surface area contributed by atoms with E-state index in [0.717, 1.165) is 18.9 Å². The molecule has 2 atom stereocenters. The molecule has 9 nitrogen and oxygen atoms in total. The molecular formula is C19H27F3N2O7. The fraction of sp³-hybridized carbons (Fsp3) is 0.632. The van der Waals surface area contributed by atoms with Gasteiger partial charge in [0.25, 0.3) is 0 Å². The van der Waals surface area contributed by atoms with E-state index in [-0.39, 0.29) is 31.3 Å². The Hall–Kier alpha value is -2.44. The highest BCUT2D eigenvalue weighted by molar-refractivity contribution is 5.67. The Bertz CT molecular complexity index is 662. The maximum Gasteiger partial charge on any atom is 0.433 e. The number of carboxylic acid groups (broad SMARTS) is 1. The van der Waals surface area contributed by atoms with Crippen molar-refractivity contribution in [1.82, 2.24) is 10.3 Å². The number of aliphatic carboxylic acids is 1. The molecule has 1 aromatic heterocycles. The Morgan fingerprint density at radius 1 is 1.32 bits per heavy atom. The number of pyridine rings is 1. The van der Waals surface area contributed by atoms with Crippen molar-refractivity contribution in [3.63, 3.8) is 0 Å². The van der Waals surface area contributed by atoms with Gasteiger partial charge in [0.1, 0.15) is 18.4 Å². The monoisotopic (exact) mass is 452 g/mol. The number of halogens is 3. The van der Waals surface area contributed by atoms with Crippen molar-refractivity contribution in [2.75, 3.05) is 39.6 Å². The van der Waals surface area contributed by atoms with E-state index in [0.29, 0.717) is 32.8 Å². The molecule has 0 aliphatic carbocycles. The molecule has 1 aromatic rings. The van der Waals surface area contributed by atoms with Crippen molar-refractivity contribution in [1.29, 1.82) is 0 Å². The summed E-state index contributed by atoms with van der Waals surface area (Å²) in [5.74, 6) is -1.00. The second-order valence-corrected chi connectivity index (χ2v) is 6.36. The van der Waals surface area contributed by atoms with Gasteiger partial charge >= 0.3 is 12.1 Å². The van der Waals surface area contributed by atoms with E-state index >= 15 is 0 Å². The molecule has 176 valence electrons. The number of carbonyl (C=O) groups is 2. The van der Waals surface area contributed by atoms with Gasteiger partial charge in [0, 0.05) is 19.2 Å². The molecule has 0 aromatic carbocycles. The third-order valence-corrected chi connectivity index (χ3v) is 3.90. The van der Waals surface area contributed by atoms with Gasteiger partial charge in [0.05, 0.1) is 25.9 Å². The predicted molar refractivity (Wildman–Crippen MR) is 102 cm³/mol. The van der Waals surface area contributed by atoms with Crippen LogP contribution in [-0.4, -0.2) is 74.3 Å². The number of ether oxygens (including phenoxy) is 4. The Morgan fingerprint density at radius 3 is 2.71 bits per heavy atom. The van der Waals surface area contributed by atoms with Crippen LogP contribution >= 0.6 is 0 Å². The number of nitrogens with one attached hydrogen (secondary N) is 1. The first kappa shape index (κ1) is 26.6. The SMILES string of the molecule is CC1OCCCC1Oc1cccc(C(F)(F)F)n1.O=CNCCOCCOCC(=O)O. The smallest absolute Gasteiger partial charge is 0.433 e. The minimum atomic E-state index is -4.45. The average Bonchev–Trinajstić information content (AvgIpc) is 2.72. The minimum absolute atomic E-state index is 0.00725. The summed E-state index contributed by atoms with van der Waals surface area (Å²) < 4.78 is 58.0. The number of hydrogen-bond donors (Lipinski definition) is 2. The lowest BCUT2D eigenvalue weighted by molar-refractivity contribution is -0.143. The van der Waals surface area contributed by atoms with Crippen LogP contribution in [0, 0.1) is 0 Å². The largest absolute Gasteiger partial charge is 0.480 e. The topological polar surface area (TPSA) is 116 Å². The lowest BCUT2D eigenvalue weighted by Crippen LogP contribution is -2.36. The number of rotatable bonds is 11. The van der Waals surface area contributed by atoms with Gasteiger partial charge in [0.2, 0.25) is 12.3 Å². The van der Waals surface area contributed by atoms with Crippen molar-refractivity contribution in [2.24, 2.45) is 0 Å². The number of amides is 1. The van der Waals surface area contributed by atoms with Gasteiger partial charge in [-0.2, -0.15) is 13.2 Å².